The molecule has 0 fully saturated rings. The van der Waals surface area contributed by atoms with Gasteiger partial charge in [0.25, 0.3) is 0 Å². The van der Waals surface area contributed by atoms with Crippen LogP contribution < -0.4 is 5.32 Å². The van der Waals surface area contributed by atoms with Gasteiger partial charge in [0.1, 0.15) is 0 Å². The summed E-state index contributed by atoms with van der Waals surface area (Å²) in [5, 5.41) is 3.59. The summed E-state index contributed by atoms with van der Waals surface area (Å²) in [6.45, 7) is 7.76. The zero-order valence-corrected chi connectivity index (χ0v) is 11.4. The SMILES string of the molecule is CCSCCCNC(C)c1ccccc1C. The van der Waals surface area contributed by atoms with Gasteiger partial charge in [-0.1, -0.05) is 31.2 Å². The molecule has 0 amide bonds. The van der Waals surface area contributed by atoms with E-state index in [0.29, 0.717) is 6.04 Å². The zero-order valence-electron chi connectivity index (χ0n) is 10.6. The van der Waals surface area contributed by atoms with E-state index >= 15 is 0 Å². The van der Waals surface area contributed by atoms with Gasteiger partial charge in [0.05, 0.1) is 0 Å². The van der Waals surface area contributed by atoms with Gasteiger partial charge in [-0.05, 0) is 49.4 Å². The van der Waals surface area contributed by atoms with E-state index in [9.17, 15) is 0 Å². The van der Waals surface area contributed by atoms with Crippen LogP contribution in [0.2, 0.25) is 0 Å². The lowest BCUT2D eigenvalue weighted by molar-refractivity contribution is 0.570. The van der Waals surface area contributed by atoms with Crippen LogP contribution in [0.3, 0.4) is 0 Å². The Morgan fingerprint density at radius 2 is 2.06 bits per heavy atom. The Hall–Kier alpha value is -0.470. The van der Waals surface area contributed by atoms with Gasteiger partial charge >= 0.3 is 0 Å². The summed E-state index contributed by atoms with van der Waals surface area (Å²) >= 11 is 2.02. The summed E-state index contributed by atoms with van der Waals surface area (Å²) in [7, 11) is 0. The molecule has 1 N–H and O–H groups in total. The predicted octanol–water partition coefficient (Wildman–Crippen LogP) is 3.79. The van der Waals surface area contributed by atoms with Gasteiger partial charge in [0.15, 0.2) is 0 Å². The molecule has 1 unspecified atom stereocenters. The van der Waals surface area contributed by atoms with Gasteiger partial charge in [0.2, 0.25) is 0 Å². The molecule has 2 heteroatoms. The summed E-state index contributed by atoms with van der Waals surface area (Å²) in [6.07, 6.45) is 1.26. The Bertz CT molecular complexity index is 299. The van der Waals surface area contributed by atoms with Crippen molar-refractivity contribution in [2.75, 3.05) is 18.1 Å². The van der Waals surface area contributed by atoms with E-state index in [2.05, 4.69) is 50.4 Å². The van der Waals surface area contributed by atoms with Gasteiger partial charge < -0.3 is 5.32 Å². The maximum absolute atomic E-state index is 3.59. The van der Waals surface area contributed by atoms with Gasteiger partial charge in [-0.25, -0.2) is 0 Å². The van der Waals surface area contributed by atoms with Crippen molar-refractivity contribution in [3.63, 3.8) is 0 Å². The van der Waals surface area contributed by atoms with Crippen LogP contribution in [0.25, 0.3) is 0 Å². The molecule has 1 rings (SSSR count). The van der Waals surface area contributed by atoms with E-state index in [4.69, 9.17) is 0 Å². The standard InChI is InChI=1S/C14H23NS/c1-4-16-11-7-10-15-13(3)14-9-6-5-8-12(14)2/h5-6,8-9,13,15H,4,7,10-11H2,1-3H3. The van der Waals surface area contributed by atoms with Crippen LogP contribution in [0.4, 0.5) is 0 Å². The maximum Gasteiger partial charge on any atom is 0.0294 e. The molecule has 90 valence electrons. The van der Waals surface area contributed by atoms with Gasteiger partial charge in [-0.3, -0.25) is 0 Å². The minimum atomic E-state index is 0.466. The Kier molecular flexibility index (Phi) is 6.58. The second-order valence-electron chi connectivity index (χ2n) is 4.08. The first kappa shape index (κ1) is 13.6. The minimum Gasteiger partial charge on any atom is -0.310 e. The second-order valence-corrected chi connectivity index (χ2v) is 5.48. The van der Waals surface area contributed by atoms with Crippen LogP contribution in [-0.4, -0.2) is 18.1 Å². The van der Waals surface area contributed by atoms with E-state index in [1.54, 1.807) is 0 Å². The molecule has 0 radical (unpaired) electrons. The summed E-state index contributed by atoms with van der Waals surface area (Å²) in [5.41, 5.74) is 2.80. The lowest BCUT2D eigenvalue weighted by Gasteiger charge is -2.16. The Labute approximate surface area is 104 Å². The average Bonchev–Trinajstić information content (AvgIpc) is 2.29. The molecular formula is C14H23NS. The first-order chi connectivity index (χ1) is 7.75. The third kappa shape index (κ3) is 4.58. The van der Waals surface area contributed by atoms with Crippen molar-refractivity contribution in [3.05, 3.63) is 35.4 Å². The van der Waals surface area contributed by atoms with Crippen molar-refractivity contribution in [1.82, 2.24) is 5.32 Å². The van der Waals surface area contributed by atoms with Crippen LogP contribution in [0.1, 0.15) is 37.4 Å². The van der Waals surface area contributed by atoms with E-state index < -0.39 is 0 Å². The van der Waals surface area contributed by atoms with Crippen molar-refractivity contribution in [2.24, 2.45) is 0 Å². The summed E-state index contributed by atoms with van der Waals surface area (Å²) < 4.78 is 0. The Morgan fingerprint density at radius 3 is 2.75 bits per heavy atom. The van der Waals surface area contributed by atoms with Crippen molar-refractivity contribution in [2.45, 2.75) is 33.2 Å². The molecule has 0 aliphatic heterocycles. The van der Waals surface area contributed by atoms with Gasteiger partial charge in [0, 0.05) is 6.04 Å². The van der Waals surface area contributed by atoms with Gasteiger partial charge in [-0.2, -0.15) is 11.8 Å². The van der Waals surface area contributed by atoms with Crippen LogP contribution >= 0.6 is 11.8 Å². The van der Waals surface area contributed by atoms with Crippen molar-refractivity contribution in [1.29, 1.82) is 0 Å². The van der Waals surface area contributed by atoms with Crippen molar-refractivity contribution < 1.29 is 0 Å². The monoisotopic (exact) mass is 237 g/mol. The van der Waals surface area contributed by atoms with Crippen LogP contribution in [0.15, 0.2) is 24.3 Å². The Morgan fingerprint density at radius 1 is 1.31 bits per heavy atom. The lowest BCUT2D eigenvalue weighted by atomic mass is 10.0. The first-order valence-corrected chi connectivity index (χ1v) is 7.27. The Balaban J connectivity index is 2.30. The fourth-order valence-electron chi connectivity index (χ4n) is 1.82. The number of benzene rings is 1. The van der Waals surface area contributed by atoms with E-state index in [1.165, 1.54) is 29.1 Å². The molecule has 0 aliphatic rings. The predicted molar refractivity (Wildman–Crippen MR) is 75.2 cm³/mol. The van der Waals surface area contributed by atoms with Gasteiger partial charge in [-0.15, -0.1) is 0 Å². The second kappa shape index (κ2) is 7.75. The molecule has 0 bridgehead atoms. The third-order valence-corrected chi connectivity index (χ3v) is 3.76. The highest BCUT2D eigenvalue weighted by Gasteiger charge is 2.05. The molecule has 1 nitrogen and oxygen atoms in total. The number of hydrogen-bond donors (Lipinski definition) is 1. The van der Waals surface area contributed by atoms with Crippen molar-refractivity contribution >= 4 is 11.8 Å². The van der Waals surface area contributed by atoms with E-state index in [1.807, 2.05) is 11.8 Å². The van der Waals surface area contributed by atoms with E-state index in [0.717, 1.165) is 6.54 Å². The normalized spacial score (nSPS) is 12.7. The molecule has 0 heterocycles. The average molecular weight is 237 g/mol. The molecule has 1 aromatic carbocycles. The highest BCUT2D eigenvalue weighted by Crippen LogP contribution is 2.16. The van der Waals surface area contributed by atoms with Crippen LogP contribution in [0, 0.1) is 6.92 Å². The number of aryl methyl sites for hydroxylation is 1. The molecule has 16 heavy (non-hydrogen) atoms. The summed E-state index contributed by atoms with van der Waals surface area (Å²) in [4.78, 5) is 0. The summed E-state index contributed by atoms with van der Waals surface area (Å²) in [6, 6.07) is 9.08. The number of rotatable bonds is 7. The fraction of sp³-hybridized carbons (Fsp3) is 0.571. The molecule has 0 aliphatic carbocycles. The smallest absolute Gasteiger partial charge is 0.0294 e. The number of nitrogens with one attached hydrogen (secondary N) is 1. The fourth-order valence-corrected chi connectivity index (χ4v) is 2.46. The molecule has 1 atom stereocenters. The topological polar surface area (TPSA) is 12.0 Å². The number of thioether (sulfide) groups is 1. The molecule has 0 saturated carbocycles. The van der Waals surface area contributed by atoms with Crippen LogP contribution in [0.5, 0.6) is 0 Å². The van der Waals surface area contributed by atoms with Crippen LogP contribution in [-0.2, 0) is 0 Å². The minimum absolute atomic E-state index is 0.466. The number of hydrogen-bond acceptors (Lipinski definition) is 2. The molecule has 0 spiro atoms. The zero-order chi connectivity index (χ0) is 11.8. The van der Waals surface area contributed by atoms with E-state index in [-0.39, 0.29) is 0 Å². The summed E-state index contributed by atoms with van der Waals surface area (Å²) in [5.74, 6) is 2.50. The molecule has 0 saturated heterocycles. The first-order valence-electron chi connectivity index (χ1n) is 6.12. The lowest BCUT2D eigenvalue weighted by Crippen LogP contribution is -2.21. The molecule has 1 aromatic rings. The molecular weight excluding hydrogens is 214 g/mol. The highest BCUT2D eigenvalue weighted by molar-refractivity contribution is 7.99. The third-order valence-electron chi connectivity index (χ3n) is 2.78. The quantitative estimate of drug-likeness (QED) is 0.724. The van der Waals surface area contributed by atoms with Crippen molar-refractivity contribution in [3.8, 4) is 0 Å². The molecule has 0 aromatic heterocycles. The maximum atomic E-state index is 3.59. The highest BCUT2D eigenvalue weighted by atomic mass is 32.2. The largest absolute Gasteiger partial charge is 0.310 e.